The molecule has 3 nitrogen and oxygen atoms in total. The SMILES string of the molecule is Cc1cc2nc(Cc3ccc(N)cc3)n(CCC(C)C)c2cc1C. The zero-order valence-electron chi connectivity index (χ0n) is 15.1. The minimum atomic E-state index is 0.679. The summed E-state index contributed by atoms with van der Waals surface area (Å²) in [5, 5.41) is 0. The standard InChI is InChI=1S/C21H27N3/c1-14(2)9-10-24-20-12-16(4)15(3)11-19(20)23-21(24)13-17-5-7-18(22)8-6-17/h5-8,11-12,14H,9-10,13,22H2,1-4H3. The second kappa shape index (κ2) is 6.68. The fourth-order valence-electron chi connectivity index (χ4n) is 3.02. The van der Waals surface area contributed by atoms with Gasteiger partial charge in [-0.3, -0.25) is 0 Å². The fraction of sp³-hybridized carbons (Fsp3) is 0.381. The molecule has 0 bridgehead atoms. The molecule has 0 atom stereocenters. The molecule has 0 radical (unpaired) electrons. The number of imidazole rings is 1. The van der Waals surface area contributed by atoms with Crippen LogP contribution in [-0.4, -0.2) is 9.55 Å². The average molecular weight is 321 g/mol. The third kappa shape index (κ3) is 3.45. The van der Waals surface area contributed by atoms with Crippen LogP contribution in [0.5, 0.6) is 0 Å². The van der Waals surface area contributed by atoms with Gasteiger partial charge in [0.05, 0.1) is 11.0 Å². The fourth-order valence-corrected chi connectivity index (χ4v) is 3.02. The Bertz CT molecular complexity index is 842. The summed E-state index contributed by atoms with van der Waals surface area (Å²) in [4.78, 5) is 4.94. The lowest BCUT2D eigenvalue weighted by Gasteiger charge is -2.12. The number of anilines is 1. The topological polar surface area (TPSA) is 43.8 Å². The van der Waals surface area contributed by atoms with Gasteiger partial charge in [0.15, 0.2) is 0 Å². The molecule has 24 heavy (non-hydrogen) atoms. The summed E-state index contributed by atoms with van der Waals surface area (Å²) in [5.41, 5.74) is 12.8. The van der Waals surface area contributed by atoms with E-state index in [-0.39, 0.29) is 0 Å². The molecular weight excluding hydrogens is 294 g/mol. The molecular formula is C21H27N3. The minimum absolute atomic E-state index is 0.679. The van der Waals surface area contributed by atoms with Crippen LogP contribution in [0.1, 0.15) is 42.8 Å². The number of fused-ring (bicyclic) bond motifs is 1. The first-order valence-electron chi connectivity index (χ1n) is 8.75. The molecule has 1 aromatic heterocycles. The predicted molar refractivity (Wildman–Crippen MR) is 102 cm³/mol. The molecule has 0 fully saturated rings. The molecule has 0 unspecified atom stereocenters. The van der Waals surface area contributed by atoms with Crippen molar-refractivity contribution in [3.05, 3.63) is 58.9 Å². The molecule has 0 aliphatic rings. The number of aromatic nitrogens is 2. The smallest absolute Gasteiger partial charge is 0.114 e. The Labute approximate surface area is 144 Å². The molecule has 2 aromatic carbocycles. The van der Waals surface area contributed by atoms with Gasteiger partial charge in [-0.25, -0.2) is 4.98 Å². The molecule has 3 rings (SSSR count). The Kier molecular flexibility index (Phi) is 4.61. The van der Waals surface area contributed by atoms with E-state index < -0.39 is 0 Å². The second-order valence-corrected chi connectivity index (χ2v) is 7.21. The van der Waals surface area contributed by atoms with Gasteiger partial charge in [0, 0.05) is 18.7 Å². The van der Waals surface area contributed by atoms with E-state index in [1.165, 1.54) is 22.2 Å². The van der Waals surface area contributed by atoms with E-state index in [4.69, 9.17) is 10.7 Å². The van der Waals surface area contributed by atoms with Crippen LogP contribution in [0.25, 0.3) is 11.0 Å². The third-order valence-electron chi connectivity index (χ3n) is 4.71. The van der Waals surface area contributed by atoms with Crippen LogP contribution in [0.2, 0.25) is 0 Å². The summed E-state index contributed by atoms with van der Waals surface area (Å²) in [6.45, 7) is 9.89. The average Bonchev–Trinajstić information content (AvgIpc) is 2.84. The lowest BCUT2D eigenvalue weighted by atomic mass is 10.1. The van der Waals surface area contributed by atoms with Gasteiger partial charge < -0.3 is 10.3 Å². The highest BCUT2D eigenvalue weighted by atomic mass is 15.1. The molecule has 0 amide bonds. The molecule has 3 heteroatoms. The largest absolute Gasteiger partial charge is 0.399 e. The Balaban J connectivity index is 2.03. The molecule has 3 aromatic rings. The number of hydrogen-bond donors (Lipinski definition) is 1. The van der Waals surface area contributed by atoms with Crippen molar-refractivity contribution in [2.45, 2.75) is 47.1 Å². The molecule has 1 heterocycles. The first-order valence-corrected chi connectivity index (χ1v) is 8.75. The van der Waals surface area contributed by atoms with E-state index in [1.807, 2.05) is 12.1 Å². The Morgan fingerprint density at radius 1 is 1.04 bits per heavy atom. The van der Waals surface area contributed by atoms with Crippen molar-refractivity contribution < 1.29 is 0 Å². The lowest BCUT2D eigenvalue weighted by molar-refractivity contribution is 0.514. The van der Waals surface area contributed by atoms with Crippen LogP contribution in [0, 0.1) is 19.8 Å². The van der Waals surface area contributed by atoms with Gasteiger partial charge in [0.1, 0.15) is 5.82 Å². The van der Waals surface area contributed by atoms with Crippen molar-refractivity contribution in [1.29, 1.82) is 0 Å². The molecule has 2 N–H and O–H groups in total. The molecule has 0 saturated heterocycles. The van der Waals surface area contributed by atoms with Crippen LogP contribution in [-0.2, 0) is 13.0 Å². The van der Waals surface area contributed by atoms with Gasteiger partial charge in [-0.05, 0) is 67.1 Å². The Morgan fingerprint density at radius 3 is 2.38 bits per heavy atom. The van der Waals surface area contributed by atoms with Gasteiger partial charge in [0.25, 0.3) is 0 Å². The quantitative estimate of drug-likeness (QED) is 0.681. The van der Waals surface area contributed by atoms with Crippen molar-refractivity contribution in [3.63, 3.8) is 0 Å². The number of rotatable bonds is 5. The van der Waals surface area contributed by atoms with E-state index in [9.17, 15) is 0 Å². The van der Waals surface area contributed by atoms with Gasteiger partial charge in [-0.15, -0.1) is 0 Å². The first kappa shape index (κ1) is 16.6. The highest BCUT2D eigenvalue weighted by molar-refractivity contribution is 5.78. The van der Waals surface area contributed by atoms with Crippen molar-refractivity contribution in [2.24, 2.45) is 5.92 Å². The monoisotopic (exact) mass is 321 g/mol. The normalized spacial score (nSPS) is 11.5. The Hall–Kier alpha value is -2.29. The van der Waals surface area contributed by atoms with Crippen LogP contribution < -0.4 is 5.73 Å². The molecule has 0 saturated carbocycles. The Morgan fingerprint density at radius 2 is 1.71 bits per heavy atom. The minimum Gasteiger partial charge on any atom is -0.399 e. The molecule has 126 valence electrons. The highest BCUT2D eigenvalue weighted by Crippen LogP contribution is 2.23. The van der Waals surface area contributed by atoms with Crippen LogP contribution in [0.4, 0.5) is 5.69 Å². The van der Waals surface area contributed by atoms with E-state index in [0.717, 1.165) is 36.4 Å². The third-order valence-corrected chi connectivity index (χ3v) is 4.71. The van der Waals surface area contributed by atoms with Gasteiger partial charge in [0.2, 0.25) is 0 Å². The number of hydrogen-bond acceptors (Lipinski definition) is 2. The number of aryl methyl sites for hydroxylation is 3. The van der Waals surface area contributed by atoms with E-state index in [0.29, 0.717) is 5.92 Å². The van der Waals surface area contributed by atoms with Gasteiger partial charge in [-0.2, -0.15) is 0 Å². The van der Waals surface area contributed by atoms with Crippen LogP contribution in [0.3, 0.4) is 0 Å². The summed E-state index contributed by atoms with van der Waals surface area (Å²) in [6.07, 6.45) is 2.00. The van der Waals surface area contributed by atoms with E-state index in [2.05, 4.69) is 56.5 Å². The zero-order valence-corrected chi connectivity index (χ0v) is 15.1. The summed E-state index contributed by atoms with van der Waals surface area (Å²) in [6, 6.07) is 12.6. The number of nitrogen functional groups attached to an aromatic ring is 1. The lowest BCUT2D eigenvalue weighted by Crippen LogP contribution is -2.07. The van der Waals surface area contributed by atoms with Crippen molar-refractivity contribution in [2.75, 3.05) is 5.73 Å². The van der Waals surface area contributed by atoms with E-state index in [1.54, 1.807) is 0 Å². The van der Waals surface area contributed by atoms with Crippen molar-refractivity contribution >= 4 is 16.7 Å². The number of nitrogens with zero attached hydrogens (tertiary/aromatic N) is 2. The second-order valence-electron chi connectivity index (χ2n) is 7.21. The predicted octanol–water partition coefficient (Wildman–Crippen LogP) is 4.87. The maximum Gasteiger partial charge on any atom is 0.114 e. The summed E-state index contributed by atoms with van der Waals surface area (Å²) in [5.74, 6) is 1.82. The highest BCUT2D eigenvalue weighted by Gasteiger charge is 2.13. The summed E-state index contributed by atoms with van der Waals surface area (Å²) >= 11 is 0. The van der Waals surface area contributed by atoms with Gasteiger partial charge in [-0.1, -0.05) is 26.0 Å². The van der Waals surface area contributed by atoms with Gasteiger partial charge >= 0.3 is 0 Å². The number of nitrogens with two attached hydrogens (primary N) is 1. The van der Waals surface area contributed by atoms with Crippen molar-refractivity contribution in [3.8, 4) is 0 Å². The van der Waals surface area contributed by atoms with Crippen LogP contribution >= 0.6 is 0 Å². The van der Waals surface area contributed by atoms with Crippen molar-refractivity contribution in [1.82, 2.24) is 9.55 Å². The maximum absolute atomic E-state index is 5.80. The van der Waals surface area contributed by atoms with E-state index >= 15 is 0 Å². The summed E-state index contributed by atoms with van der Waals surface area (Å²) in [7, 11) is 0. The molecule has 0 aliphatic heterocycles. The molecule has 0 aliphatic carbocycles. The first-order chi connectivity index (χ1) is 11.4. The maximum atomic E-state index is 5.80. The summed E-state index contributed by atoms with van der Waals surface area (Å²) < 4.78 is 2.40. The van der Waals surface area contributed by atoms with Crippen LogP contribution in [0.15, 0.2) is 36.4 Å². The number of benzene rings is 2. The zero-order chi connectivity index (χ0) is 17.3. The molecule has 0 spiro atoms.